The average Bonchev–Trinajstić information content (AvgIpc) is 2.95. The molecule has 0 radical (unpaired) electrons. The molecule has 0 atom stereocenters. The van der Waals surface area contributed by atoms with Gasteiger partial charge in [0.15, 0.2) is 5.65 Å². The Kier molecular flexibility index (Phi) is 5.54. The van der Waals surface area contributed by atoms with Crippen molar-refractivity contribution in [2.75, 3.05) is 18.4 Å². The second-order valence-corrected chi connectivity index (χ2v) is 6.63. The Balaban J connectivity index is 1.80. The molecule has 0 fully saturated rings. The van der Waals surface area contributed by atoms with Gasteiger partial charge in [0.05, 0.1) is 16.8 Å². The third kappa shape index (κ3) is 4.33. The van der Waals surface area contributed by atoms with E-state index in [0.29, 0.717) is 18.9 Å². The number of amides is 2. The molecule has 142 valence electrons. The van der Waals surface area contributed by atoms with Crippen LogP contribution in [0.25, 0.3) is 16.7 Å². The van der Waals surface area contributed by atoms with E-state index in [4.69, 9.17) is 0 Å². The summed E-state index contributed by atoms with van der Waals surface area (Å²) in [5.41, 5.74) is 2.56. The van der Waals surface area contributed by atoms with Gasteiger partial charge in [-0.3, -0.25) is 0 Å². The normalized spacial score (nSPS) is 11.0. The zero-order chi connectivity index (χ0) is 19.4. The van der Waals surface area contributed by atoms with Crippen LogP contribution in [-0.4, -0.2) is 44.9 Å². The summed E-state index contributed by atoms with van der Waals surface area (Å²) in [5.74, 6) is 1.39. The van der Waals surface area contributed by atoms with Gasteiger partial charge < -0.3 is 16.0 Å². The highest BCUT2D eigenvalue weighted by atomic mass is 16.2. The van der Waals surface area contributed by atoms with Gasteiger partial charge in [-0.05, 0) is 39.8 Å². The summed E-state index contributed by atoms with van der Waals surface area (Å²) in [7, 11) is 0. The molecule has 3 aromatic rings. The fourth-order valence-electron chi connectivity index (χ4n) is 2.84. The third-order valence-electron chi connectivity index (χ3n) is 3.94. The zero-order valence-corrected chi connectivity index (χ0v) is 16.1. The van der Waals surface area contributed by atoms with E-state index in [1.807, 2.05) is 62.7 Å². The Hall–Kier alpha value is -3.16. The minimum Gasteiger partial charge on any atom is -0.368 e. The molecule has 0 bridgehead atoms. The Morgan fingerprint density at radius 2 is 1.85 bits per heavy atom. The van der Waals surface area contributed by atoms with E-state index in [2.05, 4.69) is 31.0 Å². The van der Waals surface area contributed by atoms with Crippen molar-refractivity contribution in [3.8, 4) is 5.69 Å². The lowest BCUT2D eigenvalue weighted by Gasteiger charge is -2.11. The van der Waals surface area contributed by atoms with Crippen LogP contribution in [0.2, 0.25) is 0 Å². The maximum atomic E-state index is 11.7. The number of rotatable bonds is 6. The van der Waals surface area contributed by atoms with Gasteiger partial charge in [0.2, 0.25) is 0 Å². The standard InChI is InChI=1S/C19H25N7O/c1-12(2)22-19(27)21-11-10-20-17-16-13(3)25-26(15-8-6-5-7-9-15)18(16)24-14(4)23-17/h5-9,12H,10-11H2,1-4H3,(H,20,23,24)(H2,21,22,27). The number of hydrogen-bond acceptors (Lipinski definition) is 5. The van der Waals surface area contributed by atoms with Crippen LogP contribution in [0.3, 0.4) is 0 Å². The molecule has 0 unspecified atom stereocenters. The van der Waals surface area contributed by atoms with Gasteiger partial charge in [0.25, 0.3) is 0 Å². The lowest BCUT2D eigenvalue weighted by molar-refractivity contribution is 0.239. The average molecular weight is 367 g/mol. The van der Waals surface area contributed by atoms with E-state index in [0.717, 1.165) is 28.2 Å². The smallest absolute Gasteiger partial charge is 0.315 e. The van der Waals surface area contributed by atoms with Crippen LogP contribution in [0.1, 0.15) is 25.4 Å². The molecule has 3 rings (SSSR count). The van der Waals surface area contributed by atoms with Crippen LogP contribution in [0.15, 0.2) is 30.3 Å². The molecule has 0 aliphatic carbocycles. The Labute approximate surface area is 158 Å². The summed E-state index contributed by atoms with van der Waals surface area (Å²) in [6, 6.07) is 9.83. The maximum Gasteiger partial charge on any atom is 0.315 e. The minimum absolute atomic E-state index is 0.105. The molecule has 0 aliphatic rings. The van der Waals surface area contributed by atoms with Crippen LogP contribution < -0.4 is 16.0 Å². The molecule has 2 aromatic heterocycles. The molecule has 8 nitrogen and oxygen atoms in total. The fraction of sp³-hybridized carbons (Fsp3) is 0.368. The molecule has 2 heterocycles. The van der Waals surface area contributed by atoms with Crippen LogP contribution in [0.4, 0.5) is 10.6 Å². The molecule has 0 aliphatic heterocycles. The number of nitrogens with zero attached hydrogens (tertiary/aromatic N) is 4. The zero-order valence-electron chi connectivity index (χ0n) is 16.1. The lowest BCUT2D eigenvalue weighted by Crippen LogP contribution is -2.41. The molecular weight excluding hydrogens is 342 g/mol. The SMILES string of the molecule is Cc1nc(NCCNC(=O)NC(C)C)c2c(C)nn(-c3ccccc3)c2n1. The third-order valence-corrected chi connectivity index (χ3v) is 3.94. The van der Waals surface area contributed by atoms with Gasteiger partial charge in [0, 0.05) is 19.1 Å². The number of fused-ring (bicyclic) bond motifs is 1. The van der Waals surface area contributed by atoms with Crippen LogP contribution in [-0.2, 0) is 0 Å². The van der Waals surface area contributed by atoms with E-state index >= 15 is 0 Å². The summed E-state index contributed by atoms with van der Waals surface area (Å²) in [4.78, 5) is 20.8. The number of carbonyl (C=O) groups is 1. The maximum absolute atomic E-state index is 11.7. The summed E-state index contributed by atoms with van der Waals surface area (Å²) < 4.78 is 1.83. The summed E-state index contributed by atoms with van der Waals surface area (Å²) >= 11 is 0. The molecular formula is C19H25N7O. The Bertz CT molecular complexity index is 934. The molecule has 2 amide bonds. The van der Waals surface area contributed by atoms with Crippen molar-refractivity contribution in [3.05, 3.63) is 41.9 Å². The number of aromatic nitrogens is 4. The summed E-state index contributed by atoms with van der Waals surface area (Å²) in [6.45, 7) is 8.68. The number of anilines is 1. The largest absolute Gasteiger partial charge is 0.368 e. The van der Waals surface area contributed by atoms with Gasteiger partial charge in [-0.1, -0.05) is 18.2 Å². The topological polar surface area (TPSA) is 96.8 Å². The van der Waals surface area contributed by atoms with E-state index in [9.17, 15) is 4.79 Å². The monoisotopic (exact) mass is 367 g/mol. The van der Waals surface area contributed by atoms with Gasteiger partial charge >= 0.3 is 6.03 Å². The second kappa shape index (κ2) is 8.03. The van der Waals surface area contributed by atoms with Crippen LogP contribution in [0, 0.1) is 13.8 Å². The van der Waals surface area contributed by atoms with Crippen molar-refractivity contribution in [2.24, 2.45) is 0 Å². The van der Waals surface area contributed by atoms with E-state index in [-0.39, 0.29) is 12.1 Å². The van der Waals surface area contributed by atoms with Crippen LogP contribution in [0.5, 0.6) is 0 Å². The van der Waals surface area contributed by atoms with Crippen molar-refractivity contribution < 1.29 is 4.79 Å². The number of aryl methyl sites for hydroxylation is 2. The number of nitrogens with one attached hydrogen (secondary N) is 3. The quantitative estimate of drug-likeness (QED) is 0.582. The van der Waals surface area contributed by atoms with Crippen molar-refractivity contribution >= 4 is 22.9 Å². The van der Waals surface area contributed by atoms with Crippen molar-refractivity contribution in [3.63, 3.8) is 0 Å². The predicted octanol–water partition coefficient (Wildman–Crippen LogP) is 2.55. The number of hydrogen-bond donors (Lipinski definition) is 3. The van der Waals surface area contributed by atoms with E-state index < -0.39 is 0 Å². The molecule has 1 aromatic carbocycles. The van der Waals surface area contributed by atoms with Gasteiger partial charge in [-0.2, -0.15) is 5.10 Å². The number of para-hydroxylation sites is 1. The van der Waals surface area contributed by atoms with Gasteiger partial charge in [-0.25, -0.2) is 19.4 Å². The number of carbonyl (C=O) groups excluding carboxylic acids is 1. The van der Waals surface area contributed by atoms with Crippen molar-refractivity contribution in [1.29, 1.82) is 0 Å². The summed E-state index contributed by atoms with van der Waals surface area (Å²) in [6.07, 6.45) is 0. The predicted molar refractivity (Wildman–Crippen MR) is 106 cm³/mol. The first-order chi connectivity index (χ1) is 13.0. The Morgan fingerprint density at radius 3 is 2.56 bits per heavy atom. The van der Waals surface area contributed by atoms with Crippen LogP contribution >= 0.6 is 0 Å². The lowest BCUT2D eigenvalue weighted by atomic mass is 10.3. The molecule has 0 saturated carbocycles. The van der Waals surface area contributed by atoms with Gasteiger partial charge in [-0.15, -0.1) is 0 Å². The van der Waals surface area contributed by atoms with Crippen molar-refractivity contribution in [2.45, 2.75) is 33.7 Å². The molecule has 0 saturated heterocycles. The number of benzene rings is 1. The first kappa shape index (κ1) is 18.6. The second-order valence-electron chi connectivity index (χ2n) is 6.63. The molecule has 8 heteroatoms. The first-order valence-corrected chi connectivity index (χ1v) is 9.03. The number of urea groups is 1. The molecule has 0 spiro atoms. The highest BCUT2D eigenvalue weighted by Crippen LogP contribution is 2.26. The molecule has 3 N–H and O–H groups in total. The van der Waals surface area contributed by atoms with E-state index in [1.165, 1.54) is 0 Å². The van der Waals surface area contributed by atoms with Crippen molar-refractivity contribution in [1.82, 2.24) is 30.4 Å². The molecule has 27 heavy (non-hydrogen) atoms. The Morgan fingerprint density at radius 1 is 1.11 bits per heavy atom. The highest BCUT2D eigenvalue weighted by Gasteiger charge is 2.16. The summed E-state index contributed by atoms with van der Waals surface area (Å²) in [5, 5.41) is 14.4. The minimum atomic E-state index is -0.177. The fourth-order valence-corrected chi connectivity index (χ4v) is 2.84. The highest BCUT2D eigenvalue weighted by molar-refractivity contribution is 5.90. The van der Waals surface area contributed by atoms with Gasteiger partial charge in [0.1, 0.15) is 11.6 Å². The van der Waals surface area contributed by atoms with E-state index in [1.54, 1.807) is 0 Å². The first-order valence-electron chi connectivity index (χ1n) is 9.03.